The number of aliphatic carboxylic acids is 1. The van der Waals surface area contributed by atoms with Crippen molar-refractivity contribution in [3.63, 3.8) is 0 Å². The van der Waals surface area contributed by atoms with Gasteiger partial charge in [0.05, 0.1) is 10.5 Å². The van der Waals surface area contributed by atoms with E-state index in [4.69, 9.17) is 14.6 Å². The van der Waals surface area contributed by atoms with E-state index in [1.54, 1.807) is 24.3 Å². The lowest BCUT2D eigenvalue weighted by atomic mass is 10.1. The predicted octanol–water partition coefficient (Wildman–Crippen LogP) is 2.77. The number of nitrogens with zero attached hydrogens (tertiary/aromatic N) is 1. The number of rotatable bonds is 5. The molecule has 0 bridgehead atoms. The van der Waals surface area contributed by atoms with Crippen LogP contribution < -0.4 is 0 Å². The van der Waals surface area contributed by atoms with E-state index in [0.29, 0.717) is 33.7 Å². The van der Waals surface area contributed by atoms with Crippen molar-refractivity contribution in [2.24, 2.45) is 0 Å². The van der Waals surface area contributed by atoms with Crippen LogP contribution in [0.4, 0.5) is 4.79 Å². The summed E-state index contributed by atoms with van der Waals surface area (Å²) in [5.74, 6) is -2.24. The second-order valence-corrected chi connectivity index (χ2v) is 6.24. The number of carbonyl (C=O) groups is 4. The number of benzene rings is 1. The van der Waals surface area contributed by atoms with Gasteiger partial charge in [-0.15, -0.1) is 0 Å². The third-order valence-corrected chi connectivity index (χ3v) is 4.39. The number of aromatic carboxylic acids is 1. The molecule has 1 aromatic heterocycles. The van der Waals surface area contributed by atoms with E-state index in [-0.39, 0.29) is 10.5 Å². The molecule has 1 saturated heterocycles. The fourth-order valence-corrected chi connectivity index (χ4v) is 3.08. The fraction of sp³-hybridized carbons (Fsp3) is 0.0588. The Balaban J connectivity index is 1.81. The summed E-state index contributed by atoms with van der Waals surface area (Å²) in [7, 11) is 0. The van der Waals surface area contributed by atoms with Crippen molar-refractivity contribution >= 4 is 40.9 Å². The number of carbonyl (C=O) groups excluding carboxylic acids is 2. The molecule has 2 amide bonds. The molecule has 26 heavy (non-hydrogen) atoms. The smallest absolute Gasteiger partial charge is 0.335 e. The minimum atomic E-state index is -1.28. The van der Waals surface area contributed by atoms with Crippen LogP contribution in [0.2, 0.25) is 0 Å². The number of carboxylic acid groups (broad SMARTS) is 2. The average Bonchev–Trinajstić information content (AvgIpc) is 3.15. The van der Waals surface area contributed by atoms with Crippen LogP contribution in [0.1, 0.15) is 16.1 Å². The highest BCUT2D eigenvalue weighted by Gasteiger charge is 2.36. The number of imide groups is 1. The molecular formula is C17H11NO7S. The van der Waals surface area contributed by atoms with Crippen LogP contribution in [-0.2, 0) is 9.59 Å². The van der Waals surface area contributed by atoms with Crippen molar-refractivity contribution in [1.82, 2.24) is 4.90 Å². The zero-order valence-electron chi connectivity index (χ0n) is 13.0. The number of carboxylic acids is 2. The molecule has 2 heterocycles. The van der Waals surface area contributed by atoms with Gasteiger partial charge >= 0.3 is 11.9 Å². The molecule has 3 rings (SSSR count). The predicted molar refractivity (Wildman–Crippen MR) is 91.4 cm³/mol. The highest BCUT2D eigenvalue weighted by molar-refractivity contribution is 8.18. The zero-order chi connectivity index (χ0) is 18.8. The molecule has 0 spiro atoms. The Morgan fingerprint density at radius 1 is 1.08 bits per heavy atom. The molecule has 0 unspecified atom stereocenters. The van der Waals surface area contributed by atoms with Gasteiger partial charge in [-0.3, -0.25) is 19.3 Å². The van der Waals surface area contributed by atoms with Crippen molar-refractivity contribution in [3.05, 3.63) is 52.6 Å². The van der Waals surface area contributed by atoms with E-state index in [2.05, 4.69) is 0 Å². The molecule has 1 aromatic carbocycles. The molecule has 0 atom stereocenters. The maximum absolute atomic E-state index is 12.1. The molecule has 2 aromatic rings. The van der Waals surface area contributed by atoms with Crippen molar-refractivity contribution in [2.45, 2.75) is 0 Å². The van der Waals surface area contributed by atoms with Crippen molar-refractivity contribution in [2.75, 3.05) is 6.54 Å². The first kappa shape index (κ1) is 17.5. The Labute approximate surface area is 150 Å². The molecule has 1 fully saturated rings. The van der Waals surface area contributed by atoms with Crippen molar-refractivity contribution < 1.29 is 33.8 Å². The average molecular weight is 373 g/mol. The Morgan fingerprint density at radius 2 is 1.77 bits per heavy atom. The van der Waals surface area contributed by atoms with E-state index in [9.17, 15) is 19.2 Å². The van der Waals surface area contributed by atoms with Gasteiger partial charge < -0.3 is 14.6 Å². The SMILES string of the molecule is O=C(O)CN1C(=O)S/C(=C/c2ccc(-c3ccc(C(=O)O)cc3)o2)C1=O. The summed E-state index contributed by atoms with van der Waals surface area (Å²) in [6.07, 6.45) is 1.36. The van der Waals surface area contributed by atoms with E-state index in [1.807, 2.05) is 0 Å². The third kappa shape index (κ3) is 3.52. The Kier molecular flexibility index (Phi) is 4.63. The number of hydrogen-bond acceptors (Lipinski definition) is 6. The minimum Gasteiger partial charge on any atom is -0.480 e. The highest BCUT2D eigenvalue weighted by atomic mass is 32.2. The van der Waals surface area contributed by atoms with Gasteiger partial charge in [-0.05, 0) is 36.0 Å². The lowest BCUT2D eigenvalue weighted by molar-refractivity contribution is -0.140. The molecule has 1 aliphatic rings. The Morgan fingerprint density at radius 3 is 2.38 bits per heavy atom. The Hall–Kier alpha value is -3.33. The van der Waals surface area contributed by atoms with Crippen LogP contribution in [0, 0.1) is 0 Å². The van der Waals surface area contributed by atoms with Crippen LogP contribution in [-0.4, -0.2) is 44.7 Å². The molecule has 132 valence electrons. The van der Waals surface area contributed by atoms with Gasteiger partial charge in [0.1, 0.15) is 18.1 Å². The molecule has 1 aliphatic heterocycles. The number of furan rings is 1. The lowest BCUT2D eigenvalue weighted by Gasteiger charge is -2.07. The van der Waals surface area contributed by atoms with Gasteiger partial charge in [0.15, 0.2) is 0 Å². The number of hydrogen-bond donors (Lipinski definition) is 2. The monoisotopic (exact) mass is 373 g/mol. The van der Waals surface area contributed by atoms with Crippen LogP contribution in [0.5, 0.6) is 0 Å². The summed E-state index contributed by atoms with van der Waals surface area (Å²) in [6.45, 7) is -0.693. The summed E-state index contributed by atoms with van der Waals surface area (Å²) < 4.78 is 5.60. The van der Waals surface area contributed by atoms with Crippen LogP contribution in [0.15, 0.2) is 45.7 Å². The van der Waals surface area contributed by atoms with Gasteiger partial charge in [-0.2, -0.15) is 0 Å². The normalized spacial score (nSPS) is 15.7. The Bertz CT molecular complexity index is 942. The quantitative estimate of drug-likeness (QED) is 0.767. The summed E-state index contributed by atoms with van der Waals surface area (Å²) >= 11 is 0.639. The fourth-order valence-electron chi connectivity index (χ4n) is 2.26. The van der Waals surface area contributed by atoms with Gasteiger partial charge in [0.25, 0.3) is 11.1 Å². The first-order valence-electron chi connectivity index (χ1n) is 7.26. The third-order valence-electron chi connectivity index (χ3n) is 3.48. The van der Waals surface area contributed by atoms with Crippen LogP contribution in [0.25, 0.3) is 17.4 Å². The van der Waals surface area contributed by atoms with E-state index in [0.717, 1.165) is 0 Å². The second kappa shape index (κ2) is 6.89. The lowest BCUT2D eigenvalue weighted by Crippen LogP contribution is -2.33. The van der Waals surface area contributed by atoms with E-state index < -0.39 is 29.6 Å². The molecule has 0 radical (unpaired) electrons. The van der Waals surface area contributed by atoms with Crippen LogP contribution >= 0.6 is 11.8 Å². The maximum atomic E-state index is 12.1. The van der Waals surface area contributed by atoms with Crippen molar-refractivity contribution in [3.8, 4) is 11.3 Å². The summed E-state index contributed by atoms with van der Waals surface area (Å²) in [6, 6.07) is 9.29. The first-order valence-corrected chi connectivity index (χ1v) is 8.07. The topological polar surface area (TPSA) is 125 Å². The van der Waals surface area contributed by atoms with Gasteiger partial charge in [0, 0.05) is 11.6 Å². The number of amides is 2. The van der Waals surface area contributed by atoms with Gasteiger partial charge in [0.2, 0.25) is 0 Å². The molecule has 9 heteroatoms. The zero-order valence-corrected chi connectivity index (χ0v) is 13.9. The van der Waals surface area contributed by atoms with E-state index in [1.165, 1.54) is 18.2 Å². The molecule has 2 N–H and O–H groups in total. The highest BCUT2D eigenvalue weighted by Crippen LogP contribution is 2.33. The number of thioether (sulfide) groups is 1. The van der Waals surface area contributed by atoms with Gasteiger partial charge in [-0.1, -0.05) is 12.1 Å². The molecule has 8 nitrogen and oxygen atoms in total. The maximum Gasteiger partial charge on any atom is 0.335 e. The van der Waals surface area contributed by atoms with Crippen LogP contribution in [0.3, 0.4) is 0 Å². The summed E-state index contributed by atoms with van der Waals surface area (Å²) in [4.78, 5) is 46.1. The standard InChI is InChI=1S/C17H11NO7S/c19-14(20)8-18-15(21)13(26-17(18)24)7-11-5-6-12(25-11)9-1-3-10(4-2-9)16(22)23/h1-7H,8H2,(H,19,20)(H,22,23)/b13-7+. The minimum absolute atomic E-state index is 0.0679. The van der Waals surface area contributed by atoms with Crippen molar-refractivity contribution in [1.29, 1.82) is 0 Å². The molecular weight excluding hydrogens is 362 g/mol. The first-order chi connectivity index (χ1) is 12.3. The molecule has 0 aliphatic carbocycles. The summed E-state index contributed by atoms with van der Waals surface area (Å²) in [5.41, 5.74) is 0.793. The molecule has 0 saturated carbocycles. The second-order valence-electron chi connectivity index (χ2n) is 5.25. The summed E-state index contributed by atoms with van der Waals surface area (Å²) in [5, 5.41) is 17.0. The van der Waals surface area contributed by atoms with E-state index >= 15 is 0 Å². The van der Waals surface area contributed by atoms with Gasteiger partial charge in [-0.25, -0.2) is 4.79 Å². The largest absolute Gasteiger partial charge is 0.480 e.